The number of nitrogens with one attached hydrogen (secondary N) is 1. The minimum atomic E-state index is -0.306. The van der Waals surface area contributed by atoms with E-state index in [1.807, 2.05) is 24.4 Å². The highest BCUT2D eigenvalue weighted by atomic mass is 16.5. The molecule has 0 spiro atoms. The number of fused-ring (bicyclic) bond motifs is 5. The van der Waals surface area contributed by atoms with Crippen LogP contribution in [0.4, 0.5) is 23.0 Å². The zero-order valence-corrected chi connectivity index (χ0v) is 27.1. The number of piperidine rings is 1. The van der Waals surface area contributed by atoms with Crippen LogP contribution >= 0.6 is 0 Å². The standard InChI is InChI=1S/C36H40N8O4/c1-40-16-23(28-8-9-37-34(29(28)19-45)43-11-10-42-31-5-3-2-4-22(31)13-32(42)36(43)47)12-30(35(40)46)39-33-7-6-24(15-38-33)44-25-14-26(44)18-41(17-25)27-20-48-21-27/h6-9,12-13,15-16,25-27,45H,2-5,10-11,14,17-21H2,1H3,(H,38,39)/t25-,26+. The van der Waals surface area contributed by atoms with E-state index in [4.69, 9.17) is 4.74 Å². The van der Waals surface area contributed by atoms with Crippen molar-refractivity contribution in [1.29, 1.82) is 0 Å². The molecule has 2 bridgehead atoms. The molecule has 2 N–H and O–H groups in total. The largest absolute Gasteiger partial charge is 0.392 e. The fourth-order valence-electron chi connectivity index (χ4n) is 8.48. The average Bonchev–Trinajstić information content (AvgIpc) is 3.46. The van der Waals surface area contributed by atoms with Crippen molar-refractivity contribution in [3.05, 3.63) is 81.8 Å². The third-order valence-corrected chi connectivity index (χ3v) is 11.0. The van der Waals surface area contributed by atoms with Crippen molar-refractivity contribution in [2.75, 3.05) is 48.0 Å². The fourth-order valence-corrected chi connectivity index (χ4v) is 8.48. The number of anilines is 4. The van der Waals surface area contributed by atoms with Crippen LogP contribution in [-0.4, -0.2) is 86.0 Å². The first-order valence-electron chi connectivity index (χ1n) is 17.1. The summed E-state index contributed by atoms with van der Waals surface area (Å²) in [5.41, 5.74) is 6.52. The first-order chi connectivity index (χ1) is 23.5. The molecule has 12 heteroatoms. The third kappa shape index (κ3) is 4.76. The van der Waals surface area contributed by atoms with Crippen molar-refractivity contribution in [2.24, 2.45) is 7.05 Å². The molecule has 248 valence electrons. The number of rotatable bonds is 7. The lowest BCUT2D eigenvalue weighted by Gasteiger charge is -2.59. The highest BCUT2D eigenvalue weighted by molar-refractivity contribution is 6.06. The van der Waals surface area contributed by atoms with Crippen LogP contribution in [0.15, 0.2) is 53.7 Å². The number of piperazine rings is 1. The van der Waals surface area contributed by atoms with Crippen LogP contribution in [0.3, 0.4) is 0 Å². The van der Waals surface area contributed by atoms with E-state index in [1.54, 1.807) is 30.4 Å². The second kappa shape index (κ2) is 11.6. The molecule has 0 saturated carbocycles. The number of carbonyl (C=O) groups excluding carboxylic acids is 1. The normalized spacial score (nSPS) is 22.2. The van der Waals surface area contributed by atoms with Crippen molar-refractivity contribution >= 4 is 28.9 Å². The molecular formula is C36H40N8O4. The van der Waals surface area contributed by atoms with Crippen LogP contribution in [0.5, 0.6) is 0 Å². The Hall–Kier alpha value is -4.52. The van der Waals surface area contributed by atoms with Crippen LogP contribution in [0.2, 0.25) is 0 Å². The molecule has 2 atom stereocenters. The van der Waals surface area contributed by atoms with Crippen molar-refractivity contribution in [3.8, 4) is 11.1 Å². The number of nitrogens with zero attached hydrogens (tertiary/aromatic N) is 7. The number of carbonyl (C=O) groups is 1. The molecule has 4 aromatic rings. The van der Waals surface area contributed by atoms with Crippen molar-refractivity contribution in [3.63, 3.8) is 0 Å². The van der Waals surface area contributed by atoms with E-state index in [-0.39, 0.29) is 18.1 Å². The molecule has 6 aliphatic rings. The predicted molar refractivity (Wildman–Crippen MR) is 182 cm³/mol. The maximum atomic E-state index is 13.8. The van der Waals surface area contributed by atoms with Gasteiger partial charge in [0.1, 0.15) is 23.0 Å². The number of ether oxygens (including phenoxy) is 1. The topological polar surface area (TPSA) is 121 Å². The van der Waals surface area contributed by atoms with Crippen LogP contribution in [0, 0.1) is 0 Å². The molecule has 5 aliphatic heterocycles. The molecule has 10 rings (SSSR count). The van der Waals surface area contributed by atoms with Gasteiger partial charge in [-0.2, -0.15) is 0 Å². The minimum Gasteiger partial charge on any atom is -0.392 e. The van der Waals surface area contributed by atoms with Crippen molar-refractivity contribution in [2.45, 2.75) is 63.4 Å². The van der Waals surface area contributed by atoms with Crippen LogP contribution < -0.4 is 20.7 Å². The molecule has 1 amide bonds. The summed E-state index contributed by atoms with van der Waals surface area (Å²) in [5, 5.41) is 13.9. The Morgan fingerprint density at radius 1 is 1.00 bits per heavy atom. The summed E-state index contributed by atoms with van der Waals surface area (Å²) >= 11 is 0. The van der Waals surface area contributed by atoms with Gasteiger partial charge in [0.05, 0.1) is 37.7 Å². The van der Waals surface area contributed by atoms with Crippen LogP contribution in [0.1, 0.15) is 46.6 Å². The van der Waals surface area contributed by atoms with E-state index >= 15 is 0 Å². The van der Waals surface area contributed by atoms with Gasteiger partial charge in [0, 0.05) is 74.5 Å². The number of amides is 1. The van der Waals surface area contributed by atoms with Gasteiger partial charge in [-0.15, -0.1) is 0 Å². The van der Waals surface area contributed by atoms with Gasteiger partial charge in [0.15, 0.2) is 0 Å². The molecule has 4 aromatic heterocycles. The number of aliphatic hydroxyl groups is 1. The second-order valence-corrected chi connectivity index (χ2v) is 13.8. The Morgan fingerprint density at radius 3 is 2.58 bits per heavy atom. The maximum absolute atomic E-state index is 13.8. The molecule has 4 saturated heterocycles. The summed E-state index contributed by atoms with van der Waals surface area (Å²) in [6, 6.07) is 11.2. The van der Waals surface area contributed by atoms with Gasteiger partial charge in [0.2, 0.25) is 0 Å². The zero-order chi connectivity index (χ0) is 32.5. The average molecular weight is 649 g/mol. The van der Waals surface area contributed by atoms with E-state index in [1.165, 1.54) is 22.2 Å². The number of hydrogen-bond acceptors (Lipinski definition) is 9. The Labute approximate surface area is 278 Å². The Morgan fingerprint density at radius 2 is 1.83 bits per heavy atom. The monoisotopic (exact) mass is 648 g/mol. The van der Waals surface area contributed by atoms with Gasteiger partial charge in [-0.3, -0.25) is 19.4 Å². The Balaban J connectivity index is 0.968. The van der Waals surface area contributed by atoms with E-state index in [0.29, 0.717) is 65.4 Å². The summed E-state index contributed by atoms with van der Waals surface area (Å²) in [5.74, 6) is 0.930. The smallest absolute Gasteiger partial charge is 0.276 e. The minimum absolute atomic E-state index is 0.0977. The van der Waals surface area contributed by atoms with E-state index in [9.17, 15) is 14.7 Å². The first kappa shape index (κ1) is 29.6. The van der Waals surface area contributed by atoms with Crippen molar-refractivity contribution < 1.29 is 14.6 Å². The molecule has 4 fully saturated rings. The highest BCUT2D eigenvalue weighted by Gasteiger charge is 2.47. The predicted octanol–water partition coefficient (Wildman–Crippen LogP) is 3.08. The van der Waals surface area contributed by atoms with Gasteiger partial charge in [0.25, 0.3) is 11.5 Å². The SMILES string of the molecule is Cn1cc(-c2ccnc(N3CCn4c(cc5c4CCCC5)C3=O)c2CO)cc(Nc2ccc(N3[C@@H]4C[C@H]3CN(C3COC3)C4)cn2)c1=O. The number of aliphatic hydroxyl groups excluding tert-OH is 1. The number of aryl methyl sites for hydroxylation is 2. The fraction of sp³-hybridized carbons (Fsp3) is 0.444. The third-order valence-electron chi connectivity index (χ3n) is 11.0. The van der Waals surface area contributed by atoms with Gasteiger partial charge < -0.3 is 29.2 Å². The summed E-state index contributed by atoms with van der Waals surface area (Å²) in [6.45, 7) is 4.67. The van der Waals surface area contributed by atoms with Gasteiger partial charge in [-0.05, 0) is 73.6 Å². The molecule has 0 aromatic carbocycles. The molecule has 1 aliphatic carbocycles. The van der Waals surface area contributed by atoms with Gasteiger partial charge in [-0.25, -0.2) is 9.97 Å². The van der Waals surface area contributed by atoms with Gasteiger partial charge >= 0.3 is 0 Å². The molecule has 0 unspecified atom stereocenters. The van der Waals surface area contributed by atoms with Gasteiger partial charge in [-0.1, -0.05) is 0 Å². The second-order valence-electron chi connectivity index (χ2n) is 13.8. The summed E-state index contributed by atoms with van der Waals surface area (Å²) < 4.78 is 9.10. The Kier molecular flexibility index (Phi) is 7.14. The molecular weight excluding hydrogens is 608 g/mol. The van der Waals surface area contributed by atoms with Crippen molar-refractivity contribution in [1.82, 2.24) is 24.0 Å². The number of hydrogen-bond donors (Lipinski definition) is 2. The van der Waals surface area contributed by atoms with E-state index in [2.05, 4.69) is 35.7 Å². The molecule has 48 heavy (non-hydrogen) atoms. The first-order valence-corrected chi connectivity index (χ1v) is 17.1. The molecule has 0 radical (unpaired) electrons. The number of pyridine rings is 3. The number of aromatic nitrogens is 4. The zero-order valence-electron chi connectivity index (χ0n) is 27.1. The quantitative estimate of drug-likeness (QED) is 0.312. The van der Waals surface area contributed by atoms with Crippen LogP contribution in [-0.2, 0) is 37.8 Å². The summed E-state index contributed by atoms with van der Waals surface area (Å²) in [7, 11) is 1.71. The van der Waals surface area contributed by atoms with E-state index < -0.39 is 0 Å². The molecule has 12 nitrogen and oxygen atoms in total. The lowest BCUT2D eigenvalue weighted by atomic mass is 9.86. The summed E-state index contributed by atoms with van der Waals surface area (Å²) in [6.07, 6.45) is 10.8. The molecule has 9 heterocycles. The van der Waals surface area contributed by atoms with E-state index in [0.717, 1.165) is 63.2 Å². The maximum Gasteiger partial charge on any atom is 0.276 e. The Bertz CT molecular complexity index is 1950. The lowest BCUT2D eigenvalue weighted by molar-refractivity contribution is -0.0846. The summed E-state index contributed by atoms with van der Waals surface area (Å²) in [4.78, 5) is 43.1. The van der Waals surface area contributed by atoms with Crippen LogP contribution in [0.25, 0.3) is 11.1 Å². The lowest BCUT2D eigenvalue weighted by Crippen LogP contribution is -2.72. The highest BCUT2D eigenvalue weighted by Crippen LogP contribution is 2.39.